The van der Waals surface area contributed by atoms with Crippen molar-refractivity contribution in [2.45, 2.75) is 13.5 Å². The molecule has 0 aliphatic rings. The van der Waals surface area contributed by atoms with Gasteiger partial charge >= 0.3 is 5.69 Å². The summed E-state index contributed by atoms with van der Waals surface area (Å²) in [5.74, 6) is -0.567. The number of amides is 2. The summed E-state index contributed by atoms with van der Waals surface area (Å²) in [6, 6.07) is 20.2. The molecule has 2 amide bonds. The predicted molar refractivity (Wildman–Crippen MR) is 146 cm³/mol. The summed E-state index contributed by atoms with van der Waals surface area (Å²) in [6.07, 6.45) is 2.96. The molecule has 10 nitrogen and oxygen atoms in total. The van der Waals surface area contributed by atoms with Crippen molar-refractivity contribution in [2.24, 2.45) is 10.2 Å². The normalized spacial score (nSPS) is 11.2. The number of halogens is 2. The Kier molecular flexibility index (Phi) is 8.47. The third-order valence-electron chi connectivity index (χ3n) is 5.20. The summed E-state index contributed by atoms with van der Waals surface area (Å²) in [5, 5.41) is 13.2. The van der Waals surface area contributed by atoms with Crippen molar-refractivity contribution in [1.82, 2.24) is 25.2 Å². The van der Waals surface area contributed by atoms with Crippen LogP contribution in [0, 0.1) is 6.92 Å². The molecule has 0 saturated heterocycles. The quantitative estimate of drug-likeness (QED) is 0.257. The molecule has 4 aromatic rings. The zero-order valence-electron chi connectivity index (χ0n) is 20.0. The lowest BCUT2D eigenvalue weighted by atomic mass is 10.2. The lowest BCUT2D eigenvalue weighted by molar-refractivity contribution is -0.121. The van der Waals surface area contributed by atoms with Crippen molar-refractivity contribution in [1.29, 1.82) is 0 Å². The number of hydrazone groups is 2. The fourth-order valence-electron chi connectivity index (χ4n) is 3.36. The van der Waals surface area contributed by atoms with Gasteiger partial charge in [0.05, 0.1) is 18.1 Å². The first-order chi connectivity index (χ1) is 18.3. The summed E-state index contributed by atoms with van der Waals surface area (Å²) < 4.78 is 2.37. The van der Waals surface area contributed by atoms with Gasteiger partial charge in [0, 0.05) is 15.6 Å². The van der Waals surface area contributed by atoms with Crippen molar-refractivity contribution in [3.63, 3.8) is 0 Å². The van der Waals surface area contributed by atoms with E-state index in [4.69, 9.17) is 23.2 Å². The lowest BCUT2D eigenvalue weighted by Gasteiger charge is -2.05. The van der Waals surface area contributed by atoms with Gasteiger partial charge in [-0.3, -0.25) is 9.59 Å². The Morgan fingerprint density at radius 1 is 0.842 bits per heavy atom. The molecule has 4 rings (SSSR count). The number of nitrogens with zero attached hydrogens (tertiary/aromatic N) is 5. The minimum atomic E-state index is -0.520. The van der Waals surface area contributed by atoms with Crippen molar-refractivity contribution in [3.8, 4) is 5.69 Å². The highest BCUT2D eigenvalue weighted by atomic mass is 35.5. The fourth-order valence-corrected chi connectivity index (χ4v) is 3.61. The lowest BCUT2D eigenvalue weighted by Crippen LogP contribution is -2.31. The third-order valence-corrected chi connectivity index (χ3v) is 5.71. The summed E-state index contributed by atoms with van der Waals surface area (Å²) in [5.41, 5.74) is 6.66. The average molecular weight is 550 g/mol. The van der Waals surface area contributed by atoms with Crippen molar-refractivity contribution >= 4 is 47.4 Å². The summed E-state index contributed by atoms with van der Waals surface area (Å²) >= 11 is 11.7. The number of carbonyl (C=O) groups is 2. The Balaban J connectivity index is 1.38. The number of benzene rings is 3. The number of aromatic nitrogens is 3. The van der Waals surface area contributed by atoms with Crippen LogP contribution < -0.4 is 16.5 Å². The number of aryl methyl sites for hydroxylation is 1. The second-order valence-corrected chi connectivity index (χ2v) is 8.84. The molecule has 1 heterocycles. The van der Waals surface area contributed by atoms with Crippen LogP contribution in [0.25, 0.3) is 5.69 Å². The van der Waals surface area contributed by atoms with Gasteiger partial charge in [-0.1, -0.05) is 47.5 Å². The van der Waals surface area contributed by atoms with E-state index in [0.717, 1.165) is 15.8 Å². The fraction of sp³-hybridized carbons (Fsp3) is 0.0769. The number of rotatable bonds is 8. The molecule has 1 aromatic heterocycles. The van der Waals surface area contributed by atoms with Crippen LogP contribution in [0.3, 0.4) is 0 Å². The Bertz CT molecular complexity index is 1560. The molecule has 0 saturated carbocycles. The van der Waals surface area contributed by atoms with Gasteiger partial charge in [-0.05, 0) is 66.6 Å². The molecule has 0 unspecified atom stereocenters. The van der Waals surface area contributed by atoms with Crippen LogP contribution in [0.4, 0.5) is 0 Å². The zero-order chi connectivity index (χ0) is 27.1. The molecule has 0 spiro atoms. The molecule has 0 radical (unpaired) electrons. The van der Waals surface area contributed by atoms with Gasteiger partial charge in [-0.2, -0.15) is 15.3 Å². The van der Waals surface area contributed by atoms with Crippen LogP contribution in [0.15, 0.2) is 87.8 Å². The van der Waals surface area contributed by atoms with Crippen LogP contribution in [0.1, 0.15) is 27.3 Å². The van der Waals surface area contributed by atoms with Gasteiger partial charge in [0.15, 0.2) is 0 Å². The van der Waals surface area contributed by atoms with E-state index in [2.05, 4.69) is 26.2 Å². The molecule has 192 valence electrons. The molecule has 0 atom stereocenters. The summed E-state index contributed by atoms with van der Waals surface area (Å²) in [7, 11) is 0. The van der Waals surface area contributed by atoms with Crippen LogP contribution in [-0.4, -0.2) is 38.6 Å². The second kappa shape index (κ2) is 12.1. The van der Waals surface area contributed by atoms with Gasteiger partial charge in [-0.15, -0.1) is 0 Å². The summed E-state index contributed by atoms with van der Waals surface area (Å²) in [6.45, 7) is 1.32. The Morgan fingerprint density at radius 2 is 1.37 bits per heavy atom. The molecule has 2 N–H and O–H groups in total. The van der Waals surface area contributed by atoms with Gasteiger partial charge < -0.3 is 0 Å². The van der Waals surface area contributed by atoms with Crippen molar-refractivity contribution < 1.29 is 9.59 Å². The van der Waals surface area contributed by atoms with Crippen LogP contribution in [0.2, 0.25) is 10.0 Å². The van der Waals surface area contributed by atoms with Gasteiger partial charge in [0.2, 0.25) is 0 Å². The summed E-state index contributed by atoms with van der Waals surface area (Å²) in [4.78, 5) is 37.6. The number of hydrogen-bond acceptors (Lipinski definition) is 6. The molecular formula is C26H21Cl2N7O3. The minimum Gasteiger partial charge on any atom is -0.271 e. The van der Waals surface area contributed by atoms with Gasteiger partial charge in [-0.25, -0.2) is 24.9 Å². The van der Waals surface area contributed by atoms with E-state index < -0.39 is 17.5 Å². The van der Waals surface area contributed by atoms with Crippen LogP contribution >= 0.6 is 23.2 Å². The first-order valence-corrected chi connectivity index (χ1v) is 12.0. The largest absolute Gasteiger partial charge is 0.351 e. The molecule has 0 aliphatic carbocycles. The van der Waals surface area contributed by atoms with E-state index in [-0.39, 0.29) is 6.54 Å². The molecule has 0 fully saturated rings. The topological polar surface area (TPSA) is 123 Å². The van der Waals surface area contributed by atoms with E-state index in [1.807, 2.05) is 0 Å². The standard InChI is InChI=1S/C26H21Cl2N7O3/c1-17-33-34(16-24(36)31-29-14-18-2-8-21(27)9-3-18)26(38)35(17)23-12-6-20(7-13-23)25(37)32-30-15-19-4-10-22(28)11-5-19/h2-15H,16H2,1H3,(H,31,36)(H,32,37)/b29-14+,30-15+. The SMILES string of the molecule is Cc1nn(CC(=O)N/N=C/c2ccc(Cl)cc2)c(=O)n1-c1ccc(C(=O)N/N=C/c2ccc(Cl)cc2)cc1. The maximum atomic E-state index is 12.9. The Labute approximate surface area is 227 Å². The highest BCUT2D eigenvalue weighted by Crippen LogP contribution is 2.11. The van der Waals surface area contributed by atoms with Gasteiger partial charge in [0.25, 0.3) is 11.8 Å². The molecule has 38 heavy (non-hydrogen) atoms. The van der Waals surface area contributed by atoms with E-state index in [9.17, 15) is 14.4 Å². The highest BCUT2D eigenvalue weighted by Gasteiger charge is 2.15. The Hall–Kier alpha value is -4.54. The number of nitrogens with one attached hydrogen (secondary N) is 2. The first kappa shape index (κ1) is 26.5. The van der Waals surface area contributed by atoms with Crippen LogP contribution in [0.5, 0.6) is 0 Å². The minimum absolute atomic E-state index is 0.323. The van der Waals surface area contributed by atoms with Crippen molar-refractivity contribution in [3.05, 3.63) is 116 Å². The van der Waals surface area contributed by atoms with E-state index in [0.29, 0.717) is 27.1 Å². The van der Waals surface area contributed by atoms with Crippen molar-refractivity contribution in [2.75, 3.05) is 0 Å². The average Bonchev–Trinajstić information content (AvgIpc) is 3.18. The van der Waals surface area contributed by atoms with E-state index in [1.165, 1.54) is 17.0 Å². The highest BCUT2D eigenvalue weighted by molar-refractivity contribution is 6.30. The van der Waals surface area contributed by atoms with E-state index >= 15 is 0 Å². The van der Waals surface area contributed by atoms with E-state index in [1.54, 1.807) is 79.7 Å². The molecule has 0 bridgehead atoms. The monoisotopic (exact) mass is 549 g/mol. The first-order valence-electron chi connectivity index (χ1n) is 11.2. The number of carbonyl (C=O) groups excluding carboxylic acids is 2. The van der Waals surface area contributed by atoms with Gasteiger partial charge in [0.1, 0.15) is 12.4 Å². The third kappa shape index (κ3) is 6.81. The predicted octanol–water partition coefficient (Wildman–Crippen LogP) is 3.56. The Morgan fingerprint density at radius 3 is 1.92 bits per heavy atom. The maximum Gasteiger partial charge on any atom is 0.351 e. The maximum absolute atomic E-state index is 12.9. The molecule has 3 aromatic carbocycles. The zero-order valence-corrected chi connectivity index (χ0v) is 21.5. The number of hydrogen-bond donors (Lipinski definition) is 2. The molecule has 0 aliphatic heterocycles. The van der Waals surface area contributed by atoms with Crippen LogP contribution in [-0.2, 0) is 11.3 Å². The smallest absolute Gasteiger partial charge is 0.271 e. The second-order valence-electron chi connectivity index (χ2n) is 7.97. The molecule has 12 heteroatoms. The molecular weight excluding hydrogens is 529 g/mol.